The average Bonchev–Trinajstić information content (AvgIpc) is 3.26. The van der Waals surface area contributed by atoms with Crippen LogP contribution in [0.4, 0.5) is 5.69 Å². The summed E-state index contributed by atoms with van der Waals surface area (Å²) in [7, 11) is 0.825. The van der Waals surface area contributed by atoms with Crippen LogP contribution >= 0.6 is 0 Å². The lowest BCUT2D eigenvalue weighted by Crippen LogP contribution is -2.24. The van der Waals surface area contributed by atoms with Gasteiger partial charge in [-0.15, -0.1) is 0 Å². The van der Waals surface area contributed by atoms with E-state index in [4.69, 9.17) is 9.47 Å². The van der Waals surface area contributed by atoms with Crippen molar-refractivity contribution in [3.05, 3.63) is 53.1 Å². The summed E-state index contributed by atoms with van der Waals surface area (Å²) in [5, 5.41) is 0. The number of aryl methyl sites for hydroxylation is 1. The summed E-state index contributed by atoms with van der Waals surface area (Å²) in [4.78, 5) is 15.2. The van der Waals surface area contributed by atoms with Gasteiger partial charge in [-0.25, -0.2) is 17.5 Å². The molecule has 0 saturated carbocycles. The SMILES string of the molecule is COc1ccc(C)cc1COC(=O)c1cc(S(=O)(=O)N(C)C)ccc1N1CCCC1. The van der Waals surface area contributed by atoms with Crippen molar-refractivity contribution in [3.8, 4) is 5.75 Å². The zero-order chi connectivity index (χ0) is 21.9. The van der Waals surface area contributed by atoms with E-state index in [1.54, 1.807) is 19.2 Å². The predicted molar refractivity (Wildman–Crippen MR) is 116 cm³/mol. The third kappa shape index (κ3) is 4.60. The van der Waals surface area contributed by atoms with Crippen LogP contribution in [-0.4, -0.2) is 53.0 Å². The van der Waals surface area contributed by atoms with Crippen LogP contribution in [0.15, 0.2) is 41.3 Å². The fourth-order valence-electron chi connectivity index (χ4n) is 3.52. The normalized spacial score (nSPS) is 14.2. The molecule has 0 aromatic heterocycles. The second-order valence-electron chi connectivity index (χ2n) is 7.55. The van der Waals surface area contributed by atoms with Crippen LogP contribution in [0.1, 0.15) is 34.3 Å². The molecule has 2 aromatic rings. The highest BCUT2D eigenvalue weighted by molar-refractivity contribution is 7.89. The molecule has 1 aliphatic rings. The van der Waals surface area contributed by atoms with Gasteiger partial charge in [-0.2, -0.15) is 0 Å². The summed E-state index contributed by atoms with van der Waals surface area (Å²) in [6.45, 7) is 3.64. The molecule has 0 bridgehead atoms. The summed E-state index contributed by atoms with van der Waals surface area (Å²) in [5.41, 5.74) is 2.74. The monoisotopic (exact) mass is 432 g/mol. The second kappa shape index (κ2) is 9.06. The third-order valence-corrected chi connectivity index (χ3v) is 7.02. The Labute approximate surface area is 178 Å². The summed E-state index contributed by atoms with van der Waals surface area (Å²) in [6, 6.07) is 10.3. The molecule has 2 aromatic carbocycles. The number of nitrogens with zero attached hydrogens (tertiary/aromatic N) is 2. The Balaban J connectivity index is 1.93. The van der Waals surface area contributed by atoms with E-state index in [0.717, 1.165) is 41.4 Å². The molecule has 3 rings (SSSR count). The molecule has 0 aliphatic carbocycles. The topological polar surface area (TPSA) is 76.1 Å². The first-order chi connectivity index (χ1) is 14.2. The molecule has 0 N–H and O–H groups in total. The Morgan fingerprint density at radius 3 is 2.43 bits per heavy atom. The van der Waals surface area contributed by atoms with E-state index < -0.39 is 16.0 Å². The number of hydrogen-bond acceptors (Lipinski definition) is 6. The first-order valence-electron chi connectivity index (χ1n) is 9.86. The standard InChI is InChI=1S/C22H28N2O5S/c1-16-7-10-21(28-4)17(13-16)15-29-22(25)19-14-18(30(26,27)23(2)3)8-9-20(19)24-11-5-6-12-24/h7-10,13-14H,5-6,11-12,15H2,1-4H3. The number of rotatable bonds is 7. The summed E-state index contributed by atoms with van der Waals surface area (Å²) in [6.07, 6.45) is 2.07. The molecule has 1 fully saturated rings. The lowest BCUT2D eigenvalue weighted by atomic mass is 10.1. The van der Waals surface area contributed by atoms with Crippen LogP contribution < -0.4 is 9.64 Å². The van der Waals surface area contributed by atoms with Crippen LogP contribution in [0.2, 0.25) is 0 Å². The van der Waals surface area contributed by atoms with Gasteiger partial charge < -0.3 is 14.4 Å². The molecule has 0 atom stereocenters. The minimum Gasteiger partial charge on any atom is -0.496 e. The fraction of sp³-hybridized carbons (Fsp3) is 0.409. The van der Waals surface area contributed by atoms with Gasteiger partial charge in [-0.3, -0.25) is 0 Å². The molecular formula is C22H28N2O5S. The Morgan fingerprint density at radius 1 is 1.10 bits per heavy atom. The van der Waals surface area contributed by atoms with Crippen molar-refractivity contribution in [3.63, 3.8) is 0 Å². The molecule has 7 nitrogen and oxygen atoms in total. The van der Waals surface area contributed by atoms with E-state index in [9.17, 15) is 13.2 Å². The summed E-state index contributed by atoms with van der Waals surface area (Å²) in [5.74, 6) is 0.0772. The highest BCUT2D eigenvalue weighted by Gasteiger charge is 2.25. The second-order valence-corrected chi connectivity index (χ2v) is 9.70. The molecule has 1 saturated heterocycles. The molecule has 1 aliphatic heterocycles. The van der Waals surface area contributed by atoms with Crippen molar-refractivity contribution in [2.45, 2.75) is 31.3 Å². The minimum absolute atomic E-state index is 0.0355. The first kappa shape index (κ1) is 22.1. The lowest BCUT2D eigenvalue weighted by molar-refractivity contribution is 0.0470. The number of methoxy groups -OCH3 is 1. The van der Waals surface area contributed by atoms with Crippen LogP contribution in [0, 0.1) is 6.92 Å². The van der Waals surface area contributed by atoms with Gasteiger partial charge in [-0.1, -0.05) is 11.6 Å². The lowest BCUT2D eigenvalue weighted by Gasteiger charge is -2.22. The molecule has 0 amide bonds. The van der Waals surface area contributed by atoms with Crippen LogP contribution in [0.25, 0.3) is 0 Å². The Bertz CT molecular complexity index is 1030. The zero-order valence-corrected chi connectivity index (χ0v) is 18.7. The first-order valence-corrected chi connectivity index (χ1v) is 11.3. The third-order valence-electron chi connectivity index (χ3n) is 5.21. The number of benzene rings is 2. The fourth-order valence-corrected chi connectivity index (χ4v) is 4.45. The van der Waals surface area contributed by atoms with Crippen LogP contribution in [-0.2, 0) is 21.4 Å². The molecule has 8 heteroatoms. The largest absolute Gasteiger partial charge is 0.496 e. The Hall–Kier alpha value is -2.58. The highest BCUT2D eigenvalue weighted by atomic mass is 32.2. The summed E-state index contributed by atoms with van der Waals surface area (Å²) >= 11 is 0. The van der Waals surface area contributed by atoms with Gasteiger partial charge in [0.2, 0.25) is 10.0 Å². The van der Waals surface area contributed by atoms with Crippen molar-refractivity contribution in [2.24, 2.45) is 0 Å². The number of sulfonamides is 1. The van der Waals surface area contributed by atoms with E-state index in [1.807, 2.05) is 25.1 Å². The van der Waals surface area contributed by atoms with Crippen molar-refractivity contribution in [1.82, 2.24) is 4.31 Å². The Kier molecular flexibility index (Phi) is 6.67. The smallest absolute Gasteiger partial charge is 0.340 e. The summed E-state index contributed by atoms with van der Waals surface area (Å²) < 4.78 is 37.2. The number of ether oxygens (including phenoxy) is 2. The maximum atomic E-state index is 13.0. The van der Waals surface area contributed by atoms with Gasteiger partial charge >= 0.3 is 5.97 Å². The van der Waals surface area contributed by atoms with Crippen LogP contribution in [0.3, 0.4) is 0 Å². The quantitative estimate of drug-likeness (QED) is 0.626. The van der Waals surface area contributed by atoms with Gasteiger partial charge in [0.1, 0.15) is 12.4 Å². The van der Waals surface area contributed by atoms with Crippen LogP contribution in [0.5, 0.6) is 5.75 Å². The van der Waals surface area contributed by atoms with Gasteiger partial charge in [-0.05, 0) is 50.1 Å². The predicted octanol–water partition coefficient (Wildman–Crippen LogP) is 3.21. The van der Waals surface area contributed by atoms with Crippen molar-refractivity contribution in [2.75, 3.05) is 39.2 Å². The number of esters is 1. The van der Waals surface area contributed by atoms with E-state index in [0.29, 0.717) is 11.4 Å². The van der Waals surface area contributed by atoms with E-state index in [-0.39, 0.29) is 17.1 Å². The van der Waals surface area contributed by atoms with E-state index >= 15 is 0 Å². The minimum atomic E-state index is -3.67. The van der Waals surface area contributed by atoms with Gasteiger partial charge in [0.25, 0.3) is 0 Å². The number of carbonyl (C=O) groups is 1. The number of hydrogen-bond donors (Lipinski definition) is 0. The molecule has 30 heavy (non-hydrogen) atoms. The zero-order valence-electron chi connectivity index (χ0n) is 17.8. The van der Waals surface area contributed by atoms with E-state index in [1.165, 1.54) is 20.2 Å². The average molecular weight is 433 g/mol. The molecule has 1 heterocycles. The van der Waals surface area contributed by atoms with Gasteiger partial charge in [0.05, 0.1) is 23.3 Å². The van der Waals surface area contributed by atoms with Crippen molar-refractivity contribution >= 4 is 21.7 Å². The van der Waals surface area contributed by atoms with Gasteiger partial charge in [0.15, 0.2) is 0 Å². The van der Waals surface area contributed by atoms with Gasteiger partial charge in [0, 0.05) is 32.7 Å². The number of carbonyl (C=O) groups excluding carboxylic acids is 1. The van der Waals surface area contributed by atoms with Crippen molar-refractivity contribution in [1.29, 1.82) is 0 Å². The van der Waals surface area contributed by atoms with Crippen molar-refractivity contribution < 1.29 is 22.7 Å². The molecule has 0 radical (unpaired) electrons. The molecule has 0 unspecified atom stereocenters. The number of anilines is 1. The highest BCUT2D eigenvalue weighted by Crippen LogP contribution is 2.29. The molecule has 162 valence electrons. The molecular weight excluding hydrogens is 404 g/mol. The maximum Gasteiger partial charge on any atom is 0.340 e. The maximum absolute atomic E-state index is 13.0. The molecule has 0 spiro atoms. The Morgan fingerprint density at radius 2 is 1.80 bits per heavy atom. The van der Waals surface area contributed by atoms with E-state index in [2.05, 4.69) is 4.90 Å².